The summed E-state index contributed by atoms with van der Waals surface area (Å²) in [5.74, 6) is -0.213. The van der Waals surface area contributed by atoms with Crippen LogP contribution in [-0.2, 0) is 4.79 Å². The number of carbonyl (C=O) groups is 1. The molecule has 3 aromatic carbocycles. The van der Waals surface area contributed by atoms with Gasteiger partial charge in [0.1, 0.15) is 5.82 Å². The molecule has 2 heterocycles. The molecule has 0 spiro atoms. The lowest BCUT2D eigenvalue weighted by Crippen LogP contribution is -2.30. The van der Waals surface area contributed by atoms with Gasteiger partial charge in [0.15, 0.2) is 0 Å². The minimum absolute atomic E-state index is 0.0404. The topological polar surface area (TPSA) is 102 Å². The molecular formula is C24H18FN5O3. The second kappa shape index (κ2) is 7.86. The van der Waals surface area contributed by atoms with Crippen LogP contribution in [-0.4, -0.2) is 20.4 Å². The molecule has 2 N–H and O–H groups in total. The lowest BCUT2D eigenvalue weighted by Gasteiger charge is -2.30. The number of nitro groups is 1. The number of hydrogen-bond acceptors (Lipinski definition) is 5. The maximum atomic E-state index is 13.4. The number of allylic oxidation sites excluding steroid dienone is 1. The minimum atomic E-state index is -0.588. The summed E-state index contributed by atoms with van der Waals surface area (Å²) in [5.41, 5.74) is 3.68. The van der Waals surface area contributed by atoms with E-state index < -0.39 is 16.8 Å². The first kappa shape index (κ1) is 20.4. The van der Waals surface area contributed by atoms with Crippen LogP contribution in [0.1, 0.15) is 18.5 Å². The fraction of sp³-hybridized carbons (Fsp3) is 0.0833. The number of non-ortho nitro benzene ring substituents is 1. The van der Waals surface area contributed by atoms with E-state index in [0.717, 1.165) is 11.0 Å². The number of carbonyl (C=O) groups excluding carboxylic acids is 1. The number of hydrogen-bond donors (Lipinski definition) is 2. The largest absolute Gasteiger partial charge is 0.329 e. The van der Waals surface area contributed by atoms with Crippen molar-refractivity contribution in [1.29, 1.82) is 0 Å². The zero-order valence-corrected chi connectivity index (χ0v) is 17.4. The molecule has 4 aromatic rings. The van der Waals surface area contributed by atoms with Crippen LogP contribution in [0, 0.1) is 15.9 Å². The van der Waals surface area contributed by atoms with E-state index in [-0.39, 0.29) is 11.6 Å². The highest BCUT2D eigenvalue weighted by Crippen LogP contribution is 2.39. The van der Waals surface area contributed by atoms with Crippen molar-refractivity contribution in [2.24, 2.45) is 0 Å². The van der Waals surface area contributed by atoms with Gasteiger partial charge in [-0.25, -0.2) is 9.37 Å². The number of fused-ring (bicyclic) bond motifs is 3. The third-order valence-electron chi connectivity index (χ3n) is 5.60. The van der Waals surface area contributed by atoms with Gasteiger partial charge in [-0.15, -0.1) is 0 Å². The number of halogens is 1. The van der Waals surface area contributed by atoms with Crippen LogP contribution in [0.4, 0.5) is 21.7 Å². The zero-order valence-electron chi connectivity index (χ0n) is 17.4. The van der Waals surface area contributed by atoms with E-state index in [2.05, 4.69) is 15.6 Å². The lowest BCUT2D eigenvalue weighted by molar-refractivity contribution is -0.384. The maximum Gasteiger partial charge on any atom is 0.269 e. The van der Waals surface area contributed by atoms with Crippen molar-refractivity contribution in [2.45, 2.75) is 13.0 Å². The number of nitro benzene ring substituents is 1. The average Bonchev–Trinajstić information content (AvgIpc) is 3.17. The van der Waals surface area contributed by atoms with Crippen LogP contribution in [0.3, 0.4) is 0 Å². The molecule has 0 bridgehead atoms. The Morgan fingerprint density at radius 1 is 1.09 bits per heavy atom. The van der Waals surface area contributed by atoms with Gasteiger partial charge in [0.25, 0.3) is 11.6 Å². The van der Waals surface area contributed by atoms with E-state index in [9.17, 15) is 19.3 Å². The van der Waals surface area contributed by atoms with E-state index >= 15 is 0 Å². The molecule has 33 heavy (non-hydrogen) atoms. The first-order valence-corrected chi connectivity index (χ1v) is 10.2. The van der Waals surface area contributed by atoms with Gasteiger partial charge >= 0.3 is 0 Å². The summed E-state index contributed by atoms with van der Waals surface area (Å²) in [7, 11) is 0. The number of nitrogens with one attached hydrogen (secondary N) is 2. The van der Waals surface area contributed by atoms with E-state index in [1.54, 1.807) is 19.1 Å². The van der Waals surface area contributed by atoms with Crippen LogP contribution >= 0.6 is 0 Å². The molecule has 0 fully saturated rings. The van der Waals surface area contributed by atoms with Crippen molar-refractivity contribution in [2.75, 3.05) is 10.6 Å². The summed E-state index contributed by atoms with van der Waals surface area (Å²) in [4.78, 5) is 28.8. The molecule has 1 aromatic heterocycles. The molecule has 0 aliphatic carbocycles. The monoisotopic (exact) mass is 443 g/mol. The molecule has 0 radical (unpaired) electrons. The van der Waals surface area contributed by atoms with Crippen molar-refractivity contribution in [3.05, 3.63) is 106 Å². The van der Waals surface area contributed by atoms with Gasteiger partial charge in [0, 0.05) is 23.5 Å². The maximum absolute atomic E-state index is 13.4. The fourth-order valence-corrected chi connectivity index (χ4v) is 4.08. The molecule has 1 atom stereocenters. The van der Waals surface area contributed by atoms with Crippen molar-refractivity contribution >= 4 is 34.3 Å². The quantitative estimate of drug-likeness (QED) is 0.341. The Balaban J connectivity index is 1.65. The van der Waals surface area contributed by atoms with E-state index in [4.69, 9.17) is 0 Å². The Morgan fingerprint density at radius 2 is 1.79 bits per heavy atom. The molecule has 0 saturated carbocycles. The standard InChI is InChI=1S/C24H18FN5O3/c1-14-21(23(31)27-17-10-8-16(25)9-11-17)22(15-6-12-18(13-7-15)30(32)33)29-20-5-3-2-4-19(20)28-24(29)26-14/h2-13,22H,1H3,(H,26,28)(H,27,31)/t22-/m0/s1. The van der Waals surface area contributed by atoms with Gasteiger partial charge < -0.3 is 10.6 Å². The number of amides is 1. The number of nitrogens with zero attached hydrogens (tertiary/aromatic N) is 3. The summed E-state index contributed by atoms with van der Waals surface area (Å²) in [6.07, 6.45) is 0. The van der Waals surface area contributed by atoms with E-state index in [0.29, 0.717) is 28.5 Å². The van der Waals surface area contributed by atoms with Crippen LogP contribution in [0.25, 0.3) is 11.0 Å². The third-order valence-corrected chi connectivity index (χ3v) is 5.60. The number of aromatic nitrogens is 2. The number of benzene rings is 3. The molecular weight excluding hydrogens is 425 g/mol. The van der Waals surface area contributed by atoms with Crippen molar-refractivity contribution < 1.29 is 14.1 Å². The van der Waals surface area contributed by atoms with Crippen LogP contribution in [0.2, 0.25) is 0 Å². The van der Waals surface area contributed by atoms with Gasteiger partial charge in [-0.2, -0.15) is 0 Å². The van der Waals surface area contributed by atoms with Gasteiger partial charge in [-0.05, 0) is 61.0 Å². The number of para-hydroxylation sites is 2. The Morgan fingerprint density at radius 3 is 2.48 bits per heavy atom. The van der Waals surface area contributed by atoms with Crippen molar-refractivity contribution in [3.63, 3.8) is 0 Å². The molecule has 1 aliphatic rings. The Kier molecular flexibility index (Phi) is 4.86. The van der Waals surface area contributed by atoms with E-state index in [1.807, 2.05) is 28.8 Å². The number of anilines is 2. The Labute approximate surface area is 187 Å². The van der Waals surface area contributed by atoms with Gasteiger partial charge in [-0.3, -0.25) is 19.5 Å². The van der Waals surface area contributed by atoms with Gasteiger partial charge in [0.2, 0.25) is 5.95 Å². The second-order valence-electron chi connectivity index (χ2n) is 7.67. The van der Waals surface area contributed by atoms with Gasteiger partial charge in [0.05, 0.1) is 27.6 Å². The van der Waals surface area contributed by atoms with Crippen molar-refractivity contribution in [1.82, 2.24) is 9.55 Å². The number of rotatable bonds is 4. The fourth-order valence-electron chi connectivity index (χ4n) is 4.08. The van der Waals surface area contributed by atoms with Crippen LogP contribution in [0.5, 0.6) is 0 Å². The molecule has 1 aliphatic heterocycles. The predicted molar refractivity (Wildman–Crippen MR) is 122 cm³/mol. The normalized spacial score (nSPS) is 15.2. The molecule has 5 rings (SSSR count). The average molecular weight is 443 g/mol. The molecule has 0 unspecified atom stereocenters. The lowest BCUT2D eigenvalue weighted by atomic mass is 9.94. The zero-order chi connectivity index (χ0) is 23.1. The van der Waals surface area contributed by atoms with Crippen LogP contribution in [0.15, 0.2) is 84.1 Å². The predicted octanol–water partition coefficient (Wildman–Crippen LogP) is 5.01. The Bertz CT molecular complexity index is 1430. The summed E-state index contributed by atoms with van der Waals surface area (Å²) >= 11 is 0. The Hall–Kier alpha value is -4.53. The highest BCUT2D eigenvalue weighted by molar-refractivity contribution is 6.06. The summed E-state index contributed by atoms with van der Waals surface area (Å²) in [6, 6.07) is 18.6. The minimum Gasteiger partial charge on any atom is -0.329 e. The molecule has 0 saturated heterocycles. The molecule has 8 nitrogen and oxygen atoms in total. The van der Waals surface area contributed by atoms with Crippen molar-refractivity contribution in [3.8, 4) is 0 Å². The number of imidazole rings is 1. The molecule has 164 valence electrons. The summed E-state index contributed by atoms with van der Waals surface area (Å²) in [6.45, 7) is 1.78. The third kappa shape index (κ3) is 3.59. The van der Waals surface area contributed by atoms with E-state index in [1.165, 1.54) is 36.4 Å². The second-order valence-corrected chi connectivity index (χ2v) is 7.67. The summed E-state index contributed by atoms with van der Waals surface area (Å²) in [5, 5.41) is 17.2. The molecule has 1 amide bonds. The van der Waals surface area contributed by atoms with Gasteiger partial charge in [-0.1, -0.05) is 12.1 Å². The highest BCUT2D eigenvalue weighted by atomic mass is 19.1. The highest BCUT2D eigenvalue weighted by Gasteiger charge is 2.34. The first-order chi connectivity index (χ1) is 15.9. The molecule has 9 heteroatoms. The SMILES string of the molecule is CC1=C(C(=O)Nc2ccc(F)cc2)[C@H](c2ccc([N+](=O)[O-])cc2)n2c(nc3ccccc32)N1. The smallest absolute Gasteiger partial charge is 0.269 e. The summed E-state index contributed by atoms with van der Waals surface area (Å²) < 4.78 is 15.2. The van der Waals surface area contributed by atoms with Crippen LogP contribution < -0.4 is 10.6 Å². The first-order valence-electron chi connectivity index (χ1n) is 10.2.